The van der Waals surface area contributed by atoms with Crippen LogP contribution < -0.4 is 0 Å². The Bertz CT molecular complexity index is 230. The molecule has 1 heterocycles. The van der Waals surface area contributed by atoms with Gasteiger partial charge in [-0.25, -0.2) is 0 Å². The van der Waals surface area contributed by atoms with Crippen LogP contribution >= 0.6 is 0 Å². The summed E-state index contributed by atoms with van der Waals surface area (Å²) in [7, 11) is 0. The van der Waals surface area contributed by atoms with E-state index in [-0.39, 0.29) is 23.3 Å². The van der Waals surface area contributed by atoms with Crippen molar-refractivity contribution in [3.05, 3.63) is 0 Å². The summed E-state index contributed by atoms with van der Waals surface area (Å²) in [5, 5.41) is 9.45. The molecule has 1 aliphatic rings. The van der Waals surface area contributed by atoms with Crippen LogP contribution in [0.3, 0.4) is 0 Å². The van der Waals surface area contributed by atoms with Crippen LogP contribution in [0.2, 0.25) is 0 Å². The van der Waals surface area contributed by atoms with Crippen molar-refractivity contribution in [2.45, 2.75) is 46.6 Å². The molecule has 1 rings (SSSR count). The van der Waals surface area contributed by atoms with E-state index >= 15 is 0 Å². The van der Waals surface area contributed by atoms with Crippen molar-refractivity contribution in [2.75, 3.05) is 13.1 Å². The van der Waals surface area contributed by atoms with Crippen LogP contribution in [0.25, 0.3) is 0 Å². The first-order chi connectivity index (χ1) is 6.79. The fourth-order valence-corrected chi connectivity index (χ4v) is 1.97. The Morgan fingerprint density at radius 1 is 1.53 bits per heavy atom. The van der Waals surface area contributed by atoms with E-state index in [1.54, 1.807) is 0 Å². The van der Waals surface area contributed by atoms with E-state index in [4.69, 9.17) is 0 Å². The predicted molar refractivity (Wildman–Crippen MR) is 60.4 cm³/mol. The largest absolute Gasteiger partial charge is 0.393 e. The summed E-state index contributed by atoms with van der Waals surface area (Å²) in [5.41, 5.74) is 0.0556. The molecule has 0 aromatic rings. The van der Waals surface area contributed by atoms with Gasteiger partial charge in [0, 0.05) is 25.4 Å². The van der Waals surface area contributed by atoms with Crippen LogP contribution in [-0.4, -0.2) is 35.1 Å². The number of carbonyl (C=O) groups excluding carboxylic acids is 1. The van der Waals surface area contributed by atoms with Crippen molar-refractivity contribution in [1.82, 2.24) is 4.90 Å². The van der Waals surface area contributed by atoms with Gasteiger partial charge < -0.3 is 10.0 Å². The molecule has 1 N–H and O–H groups in total. The van der Waals surface area contributed by atoms with Crippen molar-refractivity contribution in [3.8, 4) is 0 Å². The van der Waals surface area contributed by atoms with Gasteiger partial charge >= 0.3 is 0 Å². The van der Waals surface area contributed by atoms with Crippen LogP contribution in [0.4, 0.5) is 0 Å². The van der Waals surface area contributed by atoms with Crippen molar-refractivity contribution in [1.29, 1.82) is 0 Å². The molecular weight excluding hydrogens is 190 g/mol. The molecule has 2 unspecified atom stereocenters. The van der Waals surface area contributed by atoms with E-state index in [9.17, 15) is 9.90 Å². The number of amides is 1. The van der Waals surface area contributed by atoms with Gasteiger partial charge in [-0.2, -0.15) is 0 Å². The molecule has 1 amide bonds. The van der Waals surface area contributed by atoms with Gasteiger partial charge in [0.1, 0.15) is 0 Å². The minimum atomic E-state index is -0.294. The Balaban J connectivity index is 2.44. The molecule has 0 saturated carbocycles. The Labute approximate surface area is 92.5 Å². The lowest BCUT2D eigenvalue weighted by Gasteiger charge is -2.23. The molecular formula is C12H23NO2. The lowest BCUT2D eigenvalue weighted by atomic mass is 9.91. The highest BCUT2D eigenvalue weighted by atomic mass is 16.3. The minimum absolute atomic E-state index is 0.0556. The molecule has 3 nitrogen and oxygen atoms in total. The molecule has 2 atom stereocenters. The van der Waals surface area contributed by atoms with Crippen LogP contribution in [0.15, 0.2) is 0 Å². The Hall–Kier alpha value is -0.570. The minimum Gasteiger partial charge on any atom is -0.393 e. The maximum atomic E-state index is 11.9. The number of likely N-dealkylation sites (tertiary alicyclic amines) is 1. The normalized spacial score (nSPS) is 24.3. The molecule has 0 spiro atoms. The molecule has 88 valence electrons. The van der Waals surface area contributed by atoms with E-state index in [1.807, 2.05) is 11.8 Å². The number of carbonyl (C=O) groups is 1. The summed E-state index contributed by atoms with van der Waals surface area (Å²) in [6, 6.07) is 0. The SMILES string of the molecule is CC(O)C1CCN(C(=O)CC(C)(C)C)C1. The average molecular weight is 213 g/mol. The fraction of sp³-hybridized carbons (Fsp3) is 0.917. The third kappa shape index (κ3) is 3.82. The maximum Gasteiger partial charge on any atom is 0.223 e. The summed E-state index contributed by atoms with van der Waals surface area (Å²) in [6.45, 7) is 9.58. The highest BCUT2D eigenvalue weighted by Crippen LogP contribution is 2.24. The van der Waals surface area contributed by atoms with Crippen molar-refractivity contribution in [3.63, 3.8) is 0 Å². The molecule has 3 heteroatoms. The maximum absolute atomic E-state index is 11.9. The van der Waals surface area contributed by atoms with Crippen molar-refractivity contribution in [2.24, 2.45) is 11.3 Å². The third-order valence-electron chi connectivity index (χ3n) is 2.94. The molecule has 0 aromatic carbocycles. The summed E-state index contributed by atoms with van der Waals surface area (Å²) < 4.78 is 0. The van der Waals surface area contributed by atoms with Gasteiger partial charge in [-0.1, -0.05) is 20.8 Å². The highest BCUT2D eigenvalue weighted by Gasteiger charge is 2.30. The van der Waals surface area contributed by atoms with Gasteiger partial charge in [0.15, 0.2) is 0 Å². The zero-order chi connectivity index (χ0) is 11.6. The van der Waals surface area contributed by atoms with Crippen molar-refractivity contribution < 1.29 is 9.90 Å². The number of rotatable bonds is 2. The van der Waals surface area contributed by atoms with Gasteiger partial charge in [-0.3, -0.25) is 4.79 Å². The second-order valence-corrected chi connectivity index (χ2v) is 5.87. The smallest absolute Gasteiger partial charge is 0.223 e. The number of aliphatic hydroxyl groups excluding tert-OH is 1. The third-order valence-corrected chi connectivity index (χ3v) is 2.94. The lowest BCUT2D eigenvalue weighted by molar-refractivity contribution is -0.132. The van der Waals surface area contributed by atoms with Crippen molar-refractivity contribution >= 4 is 5.91 Å². The van der Waals surface area contributed by atoms with E-state index in [2.05, 4.69) is 20.8 Å². The zero-order valence-electron chi connectivity index (χ0n) is 10.3. The Morgan fingerprint density at radius 3 is 2.53 bits per heavy atom. The van der Waals surface area contributed by atoms with Gasteiger partial charge in [0.05, 0.1) is 6.10 Å². The monoisotopic (exact) mass is 213 g/mol. The Morgan fingerprint density at radius 2 is 2.13 bits per heavy atom. The zero-order valence-corrected chi connectivity index (χ0v) is 10.3. The first kappa shape index (κ1) is 12.5. The first-order valence-corrected chi connectivity index (χ1v) is 5.75. The molecule has 1 saturated heterocycles. The number of nitrogens with zero attached hydrogens (tertiary/aromatic N) is 1. The molecule has 15 heavy (non-hydrogen) atoms. The van der Waals surface area contributed by atoms with Crippen LogP contribution in [0.1, 0.15) is 40.5 Å². The van der Waals surface area contributed by atoms with Gasteiger partial charge in [-0.05, 0) is 18.8 Å². The molecule has 1 fully saturated rings. The topological polar surface area (TPSA) is 40.5 Å². The molecule has 0 aliphatic carbocycles. The average Bonchev–Trinajstić information content (AvgIpc) is 2.47. The molecule has 0 bridgehead atoms. The summed E-state index contributed by atoms with van der Waals surface area (Å²) in [5.74, 6) is 0.500. The van der Waals surface area contributed by atoms with Gasteiger partial charge in [-0.15, -0.1) is 0 Å². The van der Waals surface area contributed by atoms with E-state index in [0.29, 0.717) is 6.42 Å². The number of aliphatic hydroxyl groups is 1. The quantitative estimate of drug-likeness (QED) is 0.757. The van der Waals surface area contributed by atoms with Crippen LogP contribution in [0.5, 0.6) is 0 Å². The molecule has 1 aliphatic heterocycles. The van der Waals surface area contributed by atoms with Gasteiger partial charge in [0.2, 0.25) is 5.91 Å². The second-order valence-electron chi connectivity index (χ2n) is 5.87. The van der Waals surface area contributed by atoms with E-state index in [1.165, 1.54) is 0 Å². The van der Waals surface area contributed by atoms with Crippen LogP contribution in [-0.2, 0) is 4.79 Å². The van der Waals surface area contributed by atoms with E-state index < -0.39 is 0 Å². The standard InChI is InChI=1S/C12H23NO2/c1-9(14)10-5-6-13(8-10)11(15)7-12(2,3)4/h9-10,14H,5-8H2,1-4H3. The fourth-order valence-electron chi connectivity index (χ4n) is 1.97. The Kier molecular flexibility index (Phi) is 3.77. The van der Waals surface area contributed by atoms with E-state index in [0.717, 1.165) is 19.5 Å². The van der Waals surface area contributed by atoms with Crippen LogP contribution in [0, 0.1) is 11.3 Å². The molecule has 0 radical (unpaired) electrons. The highest BCUT2D eigenvalue weighted by molar-refractivity contribution is 5.77. The summed E-state index contributed by atoms with van der Waals surface area (Å²) >= 11 is 0. The molecule has 0 aromatic heterocycles. The number of hydrogen-bond acceptors (Lipinski definition) is 2. The first-order valence-electron chi connectivity index (χ1n) is 5.75. The number of hydrogen-bond donors (Lipinski definition) is 1. The second kappa shape index (κ2) is 4.52. The predicted octanol–water partition coefficient (Wildman–Crippen LogP) is 1.65. The lowest BCUT2D eigenvalue weighted by Crippen LogP contribution is -2.32. The summed E-state index contributed by atoms with van der Waals surface area (Å²) in [4.78, 5) is 13.8. The van der Waals surface area contributed by atoms with Gasteiger partial charge in [0.25, 0.3) is 0 Å². The summed E-state index contributed by atoms with van der Waals surface area (Å²) in [6.07, 6.45) is 1.24.